The molecule has 0 heterocycles. The molecule has 0 nitrogen and oxygen atoms in total. The summed E-state index contributed by atoms with van der Waals surface area (Å²) in [4.78, 5) is 0. The highest BCUT2D eigenvalue weighted by Crippen LogP contribution is 2.34. The standard InChI is InChI=1S/C16H17F3/c1-2-3-4-5-6-10-13-15(16(17,18)19)14-11-8-7-9-12-14/h7-9,11-13H,4-6,10H2,1H3/b15-13+. The van der Waals surface area contributed by atoms with E-state index in [1.54, 1.807) is 25.1 Å². The lowest BCUT2D eigenvalue weighted by molar-refractivity contribution is -0.0690. The maximum Gasteiger partial charge on any atom is 0.416 e. The van der Waals surface area contributed by atoms with Crippen LogP contribution >= 0.6 is 0 Å². The molecule has 19 heavy (non-hydrogen) atoms. The number of halogens is 3. The van der Waals surface area contributed by atoms with Crippen molar-refractivity contribution in [3.63, 3.8) is 0 Å². The van der Waals surface area contributed by atoms with Gasteiger partial charge in [-0.15, -0.1) is 11.8 Å². The molecule has 0 spiro atoms. The van der Waals surface area contributed by atoms with Crippen LogP contribution in [0.1, 0.15) is 38.2 Å². The molecule has 3 heteroatoms. The summed E-state index contributed by atoms with van der Waals surface area (Å²) in [5, 5.41) is 0. The lowest BCUT2D eigenvalue weighted by Gasteiger charge is -2.12. The van der Waals surface area contributed by atoms with E-state index in [1.807, 2.05) is 0 Å². The Morgan fingerprint density at radius 2 is 1.84 bits per heavy atom. The van der Waals surface area contributed by atoms with Crippen molar-refractivity contribution in [2.75, 3.05) is 0 Å². The highest BCUT2D eigenvalue weighted by molar-refractivity contribution is 5.69. The summed E-state index contributed by atoms with van der Waals surface area (Å²) in [7, 11) is 0. The van der Waals surface area contributed by atoms with E-state index in [-0.39, 0.29) is 5.56 Å². The third kappa shape index (κ3) is 5.65. The van der Waals surface area contributed by atoms with E-state index in [0.717, 1.165) is 19.3 Å². The van der Waals surface area contributed by atoms with E-state index in [1.165, 1.54) is 18.2 Å². The third-order valence-electron chi connectivity index (χ3n) is 2.67. The minimum Gasteiger partial charge on any atom is -0.166 e. The van der Waals surface area contributed by atoms with E-state index in [0.29, 0.717) is 6.42 Å². The first-order valence-electron chi connectivity index (χ1n) is 6.28. The highest BCUT2D eigenvalue weighted by Gasteiger charge is 2.33. The van der Waals surface area contributed by atoms with Gasteiger partial charge in [0.1, 0.15) is 0 Å². The summed E-state index contributed by atoms with van der Waals surface area (Å²) < 4.78 is 38.8. The van der Waals surface area contributed by atoms with E-state index in [4.69, 9.17) is 0 Å². The van der Waals surface area contributed by atoms with Crippen molar-refractivity contribution < 1.29 is 13.2 Å². The molecular formula is C16H17F3. The third-order valence-corrected chi connectivity index (χ3v) is 2.67. The molecule has 0 radical (unpaired) electrons. The first-order valence-corrected chi connectivity index (χ1v) is 6.28. The molecule has 0 unspecified atom stereocenters. The van der Waals surface area contributed by atoms with Crippen LogP contribution in [0, 0.1) is 11.8 Å². The Kier molecular flexibility index (Phi) is 6.21. The van der Waals surface area contributed by atoms with Gasteiger partial charge in [0.25, 0.3) is 0 Å². The Bertz CT molecular complexity index is 458. The monoisotopic (exact) mass is 266 g/mol. The van der Waals surface area contributed by atoms with E-state index in [9.17, 15) is 13.2 Å². The number of allylic oxidation sites excluding steroid dienone is 2. The maximum atomic E-state index is 12.9. The molecule has 0 saturated carbocycles. The van der Waals surface area contributed by atoms with Crippen LogP contribution in [-0.4, -0.2) is 6.18 Å². The molecular weight excluding hydrogens is 249 g/mol. The largest absolute Gasteiger partial charge is 0.416 e. The molecule has 0 atom stereocenters. The smallest absolute Gasteiger partial charge is 0.166 e. The van der Waals surface area contributed by atoms with Gasteiger partial charge < -0.3 is 0 Å². The number of alkyl halides is 3. The molecule has 0 amide bonds. The van der Waals surface area contributed by atoms with Crippen LogP contribution in [-0.2, 0) is 0 Å². The average Bonchev–Trinajstić information content (AvgIpc) is 2.37. The van der Waals surface area contributed by atoms with Gasteiger partial charge in [0.2, 0.25) is 0 Å². The molecule has 0 N–H and O–H groups in total. The van der Waals surface area contributed by atoms with Crippen LogP contribution in [0.25, 0.3) is 5.57 Å². The number of hydrogen-bond acceptors (Lipinski definition) is 0. The molecule has 0 saturated heterocycles. The van der Waals surface area contributed by atoms with Crippen LogP contribution in [0.5, 0.6) is 0 Å². The summed E-state index contributed by atoms with van der Waals surface area (Å²) in [5.41, 5.74) is -0.321. The van der Waals surface area contributed by atoms with Crippen molar-refractivity contribution in [3.8, 4) is 11.8 Å². The Hall–Kier alpha value is -1.69. The van der Waals surface area contributed by atoms with Crippen molar-refractivity contribution in [1.82, 2.24) is 0 Å². The molecule has 0 aromatic heterocycles. The van der Waals surface area contributed by atoms with Crippen molar-refractivity contribution >= 4 is 5.57 Å². The molecule has 1 aromatic carbocycles. The number of unbranched alkanes of at least 4 members (excludes halogenated alkanes) is 3. The van der Waals surface area contributed by atoms with Gasteiger partial charge >= 0.3 is 6.18 Å². The van der Waals surface area contributed by atoms with Crippen LogP contribution in [0.3, 0.4) is 0 Å². The molecule has 102 valence electrons. The van der Waals surface area contributed by atoms with Crippen molar-refractivity contribution in [1.29, 1.82) is 0 Å². The van der Waals surface area contributed by atoms with Crippen LogP contribution in [0.4, 0.5) is 13.2 Å². The van der Waals surface area contributed by atoms with Crippen molar-refractivity contribution in [3.05, 3.63) is 42.0 Å². The molecule has 0 bridgehead atoms. The van der Waals surface area contributed by atoms with Crippen molar-refractivity contribution in [2.45, 2.75) is 38.8 Å². The molecule has 0 aliphatic carbocycles. The van der Waals surface area contributed by atoms with E-state index < -0.39 is 11.7 Å². The zero-order valence-corrected chi connectivity index (χ0v) is 10.9. The maximum absolute atomic E-state index is 12.9. The molecule has 0 aliphatic rings. The van der Waals surface area contributed by atoms with Gasteiger partial charge in [-0.2, -0.15) is 13.2 Å². The summed E-state index contributed by atoms with van der Waals surface area (Å²) in [6.45, 7) is 1.76. The Morgan fingerprint density at radius 3 is 2.42 bits per heavy atom. The summed E-state index contributed by atoms with van der Waals surface area (Å²) in [5.74, 6) is 5.68. The van der Waals surface area contributed by atoms with Gasteiger partial charge in [0, 0.05) is 6.42 Å². The van der Waals surface area contributed by atoms with E-state index >= 15 is 0 Å². The SMILES string of the molecule is CC#CCCCC/C=C(\c1ccccc1)C(F)(F)F. The summed E-state index contributed by atoms with van der Waals surface area (Å²) in [6.07, 6.45) is -0.288. The van der Waals surface area contributed by atoms with E-state index in [2.05, 4.69) is 11.8 Å². The second-order valence-electron chi connectivity index (χ2n) is 4.15. The topological polar surface area (TPSA) is 0 Å². The van der Waals surface area contributed by atoms with Gasteiger partial charge in [0.15, 0.2) is 0 Å². The fraction of sp³-hybridized carbons (Fsp3) is 0.375. The summed E-state index contributed by atoms with van der Waals surface area (Å²) in [6, 6.07) is 7.92. The normalized spacial score (nSPS) is 11.9. The fourth-order valence-corrected chi connectivity index (χ4v) is 1.74. The second-order valence-corrected chi connectivity index (χ2v) is 4.15. The molecule has 1 rings (SSSR count). The van der Waals surface area contributed by atoms with Gasteiger partial charge in [-0.25, -0.2) is 0 Å². The average molecular weight is 266 g/mol. The van der Waals surface area contributed by atoms with Crippen LogP contribution in [0.2, 0.25) is 0 Å². The minimum atomic E-state index is -4.30. The first kappa shape index (κ1) is 15.4. The zero-order chi connectivity index (χ0) is 14.1. The Balaban J connectivity index is 2.67. The first-order chi connectivity index (χ1) is 9.05. The van der Waals surface area contributed by atoms with Gasteiger partial charge in [-0.3, -0.25) is 0 Å². The Labute approximate surface area is 112 Å². The lowest BCUT2D eigenvalue weighted by atomic mass is 10.0. The van der Waals surface area contributed by atoms with Crippen LogP contribution in [0.15, 0.2) is 36.4 Å². The number of rotatable bonds is 5. The van der Waals surface area contributed by atoms with Crippen molar-refractivity contribution in [2.24, 2.45) is 0 Å². The minimum absolute atomic E-state index is 0.225. The van der Waals surface area contributed by atoms with Gasteiger partial charge in [-0.1, -0.05) is 36.4 Å². The Morgan fingerprint density at radius 1 is 1.16 bits per heavy atom. The second kappa shape index (κ2) is 7.68. The lowest BCUT2D eigenvalue weighted by Crippen LogP contribution is -2.10. The van der Waals surface area contributed by atoms with Gasteiger partial charge in [0.05, 0.1) is 5.57 Å². The molecule has 0 fully saturated rings. The summed E-state index contributed by atoms with van der Waals surface area (Å²) >= 11 is 0. The quantitative estimate of drug-likeness (QED) is 0.506. The number of benzene rings is 1. The number of hydrogen-bond donors (Lipinski definition) is 0. The van der Waals surface area contributed by atoms with Gasteiger partial charge in [-0.05, 0) is 31.7 Å². The van der Waals surface area contributed by atoms with Crippen LogP contribution < -0.4 is 0 Å². The predicted molar refractivity (Wildman–Crippen MR) is 72.4 cm³/mol. The zero-order valence-electron chi connectivity index (χ0n) is 10.9. The molecule has 1 aromatic rings. The molecule has 0 aliphatic heterocycles. The fourth-order valence-electron chi connectivity index (χ4n) is 1.74. The highest BCUT2D eigenvalue weighted by atomic mass is 19.4. The predicted octanol–water partition coefficient (Wildman–Crippen LogP) is 5.22.